The molecule has 0 bridgehead atoms. The molecule has 7 heteroatoms. The number of rotatable bonds is 2. The molecule has 2 N–H and O–H groups in total. The lowest BCUT2D eigenvalue weighted by molar-refractivity contribution is 0.0636. The van der Waals surface area contributed by atoms with Crippen molar-refractivity contribution in [3.63, 3.8) is 0 Å². The number of fused-ring (bicyclic) bond motifs is 1. The van der Waals surface area contributed by atoms with Crippen molar-refractivity contribution in [1.29, 1.82) is 0 Å². The van der Waals surface area contributed by atoms with E-state index < -0.39 is 11.2 Å². The zero-order chi connectivity index (χ0) is 11.0. The van der Waals surface area contributed by atoms with Crippen molar-refractivity contribution in [1.82, 2.24) is 19.5 Å². The summed E-state index contributed by atoms with van der Waals surface area (Å²) in [5.41, 5.74) is -0.491. The van der Waals surface area contributed by atoms with Gasteiger partial charge in [0.1, 0.15) is 6.23 Å². The van der Waals surface area contributed by atoms with Crippen LogP contribution in [0.25, 0.3) is 11.2 Å². The first kappa shape index (κ1) is 9.66. The van der Waals surface area contributed by atoms with Crippen molar-refractivity contribution < 1.29 is 4.74 Å². The Labute approximate surface area is 83.7 Å². The minimum atomic E-state index is -0.567. The summed E-state index contributed by atoms with van der Waals surface area (Å²) in [5, 5.41) is 0. The maximum Gasteiger partial charge on any atom is 0.327 e. The highest BCUT2D eigenvalue weighted by Crippen LogP contribution is 2.11. The van der Waals surface area contributed by atoms with Crippen LogP contribution in [-0.2, 0) is 4.74 Å². The summed E-state index contributed by atoms with van der Waals surface area (Å²) in [6.45, 7) is 1.77. The molecule has 1 unspecified atom stereocenters. The van der Waals surface area contributed by atoms with Crippen LogP contribution in [0.15, 0.2) is 15.9 Å². The normalized spacial score (nSPS) is 13.2. The Morgan fingerprint density at radius 1 is 1.47 bits per heavy atom. The van der Waals surface area contributed by atoms with Crippen LogP contribution < -0.4 is 11.2 Å². The third kappa shape index (κ3) is 1.46. The molecule has 0 saturated heterocycles. The maximum atomic E-state index is 11.5. The van der Waals surface area contributed by atoms with E-state index in [0.29, 0.717) is 5.52 Å². The van der Waals surface area contributed by atoms with Crippen molar-refractivity contribution in [2.45, 2.75) is 13.2 Å². The third-order valence-corrected chi connectivity index (χ3v) is 2.20. The molecule has 2 rings (SSSR count). The van der Waals surface area contributed by atoms with Crippen molar-refractivity contribution in [2.75, 3.05) is 7.11 Å². The molecule has 0 saturated carbocycles. The Kier molecular flexibility index (Phi) is 2.16. The van der Waals surface area contributed by atoms with Crippen LogP contribution >= 0.6 is 0 Å². The Morgan fingerprint density at radius 3 is 2.87 bits per heavy atom. The third-order valence-electron chi connectivity index (χ3n) is 2.20. The Morgan fingerprint density at radius 2 is 2.20 bits per heavy atom. The van der Waals surface area contributed by atoms with E-state index in [0.717, 1.165) is 0 Å². The van der Waals surface area contributed by atoms with Crippen LogP contribution in [0.4, 0.5) is 0 Å². The molecular weight excluding hydrogens is 200 g/mol. The van der Waals surface area contributed by atoms with Gasteiger partial charge in [0, 0.05) is 7.11 Å². The zero-order valence-electron chi connectivity index (χ0n) is 8.27. The second-order valence-corrected chi connectivity index (χ2v) is 3.09. The standard InChI is InChI=1S/C8H10N4O3/c1-4(15-2)12-3-9-6-5(12)7(13)11-8(14)10-6/h3-4H,1-2H3,(H2,10,11,13,14). The number of aromatic amines is 2. The number of nitrogens with zero attached hydrogens (tertiary/aromatic N) is 2. The lowest BCUT2D eigenvalue weighted by Crippen LogP contribution is -2.24. The van der Waals surface area contributed by atoms with Crippen molar-refractivity contribution in [2.24, 2.45) is 0 Å². The summed E-state index contributed by atoms with van der Waals surface area (Å²) < 4.78 is 6.61. The van der Waals surface area contributed by atoms with Gasteiger partial charge in [-0.25, -0.2) is 9.78 Å². The predicted molar refractivity (Wildman–Crippen MR) is 52.7 cm³/mol. The minimum absolute atomic E-state index is 0.257. The van der Waals surface area contributed by atoms with Gasteiger partial charge in [-0.3, -0.25) is 19.3 Å². The van der Waals surface area contributed by atoms with Gasteiger partial charge in [0.25, 0.3) is 5.56 Å². The van der Waals surface area contributed by atoms with Gasteiger partial charge in [0.15, 0.2) is 11.2 Å². The topological polar surface area (TPSA) is 92.8 Å². The number of methoxy groups -OCH3 is 1. The number of H-pyrrole nitrogens is 2. The molecule has 0 radical (unpaired) electrons. The van der Waals surface area contributed by atoms with Gasteiger partial charge < -0.3 is 4.74 Å². The minimum Gasteiger partial charge on any atom is -0.362 e. The molecule has 2 aromatic heterocycles. The number of aromatic nitrogens is 4. The molecule has 2 heterocycles. The van der Waals surface area contributed by atoms with Crippen LogP contribution in [0.1, 0.15) is 13.2 Å². The van der Waals surface area contributed by atoms with Crippen LogP contribution in [0.3, 0.4) is 0 Å². The van der Waals surface area contributed by atoms with Gasteiger partial charge >= 0.3 is 5.69 Å². The molecule has 0 spiro atoms. The first-order valence-electron chi connectivity index (χ1n) is 4.35. The molecule has 2 aromatic rings. The number of imidazole rings is 1. The van der Waals surface area contributed by atoms with Crippen LogP contribution in [0.5, 0.6) is 0 Å². The van der Waals surface area contributed by atoms with Crippen LogP contribution in [0.2, 0.25) is 0 Å². The van der Waals surface area contributed by atoms with Gasteiger partial charge in [0.2, 0.25) is 0 Å². The van der Waals surface area contributed by atoms with E-state index >= 15 is 0 Å². The van der Waals surface area contributed by atoms with E-state index in [1.165, 1.54) is 13.4 Å². The molecule has 0 aliphatic rings. The van der Waals surface area contributed by atoms with Gasteiger partial charge in [-0.15, -0.1) is 0 Å². The highest BCUT2D eigenvalue weighted by Gasteiger charge is 2.12. The molecule has 0 fully saturated rings. The number of hydrogen-bond acceptors (Lipinski definition) is 4. The average Bonchev–Trinajstić information content (AvgIpc) is 2.60. The molecule has 15 heavy (non-hydrogen) atoms. The number of hydrogen-bond donors (Lipinski definition) is 2. The predicted octanol–water partition coefficient (Wildman–Crippen LogP) is -0.422. The first-order chi connectivity index (χ1) is 7.13. The maximum absolute atomic E-state index is 11.5. The Balaban J connectivity index is 2.80. The summed E-state index contributed by atoms with van der Waals surface area (Å²) in [5.74, 6) is 0. The molecule has 0 aliphatic carbocycles. The summed E-state index contributed by atoms with van der Waals surface area (Å²) in [6, 6.07) is 0. The second-order valence-electron chi connectivity index (χ2n) is 3.09. The molecule has 0 aromatic carbocycles. The monoisotopic (exact) mass is 210 g/mol. The van der Waals surface area contributed by atoms with Gasteiger partial charge in [0.05, 0.1) is 6.33 Å². The van der Waals surface area contributed by atoms with Crippen molar-refractivity contribution >= 4 is 11.2 Å². The average molecular weight is 210 g/mol. The fourth-order valence-electron chi connectivity index (χ4n) is 1.37. The smallest absolute Gasteiger partial charge is 0.327 e. The Bertz CT molecular complexity index is 594. The zero-order valence-corrected chi connectivity index (χ0v) is 8.27. The fourth-order valence-corrected chi connectivity index (χ4v) is 1.37. The fraction of sp³-hybridized carbons (Fsp3) is 0.375. The van der Waals surface area contributed by atoms with Crippen molar-refractivity contribution in [3.05, 3.63) is 27.2 Å². The van der Waals surface area contributed by atoms with E-state index in [2.05, 4.69) is 15.0 Å². The largest absolute Gasteiger partial charge is 0.362 e. The Hall–Kier alpha value is -1.89. The van der Waals surface area contributed by atoms with E-state index in [-0.39, 0.29) is 11.9 Å². The molecule has 0 aliphatic heterocycles. The van der Waals surface area contributed by atoms with Gasteiger partial charge in [-0.1, -0.05) is 0 Å². The van der Waals surface area contributed by atoms with E-state index in [9.17, 15) is 9.59 Å². The molecule has 1 atom stereocenters. The number of ether oxygens (including phenoxy) is 1. The van der Waals surface area contributed by atoms with E-state index in [4.69, 9.17) is 4.74 Å². The van der Waals surface area contributed by atoms with E-state index in [1.54, 1.807) is 11.5 Å². The van der Waals surface area contributed by atoms with Crippen molar-refractivity contribution in [3.8, 4) is 0 Å². The quantitative estimate of drug-likeness (QED) is 0.703. The van der Waals surface area contributed by atoms with E-state index in [1.807, 2.05) is 0 Å². The SMILES string of the molecule is COC(C)n1cnc2[nH]c(=O)[nH]c(=O)c21. The lowest BCUT2D eigenvalue weighted by Gasteiger charge is -2.10. The van der Waals surface area contributed by atoms with Crippen LogP contribution in [0, 0.1) is 0 Å². The van der Waals surface area contributed by atoms with Gasteiger partial charge in [-0.05, 0) is 6.92 Å². The molecule has 80 valence electrons. The molecule has 7 nitrogen and oxygen atoms in total. The first-order valence-corrected chi connectivity index (χ1v) is 4.35. The highest BCUT2D eigenvalue weighted by atomic mass is 16.5. The second kappa shape index (κ2) is 3.35. The highest BCUT2D eigenvalue weighted by molar-refractivity contribution is 5.68. The molecule has 0 amide bonds. The number of nitrogens with one attached hydrogen (secondary N) is 2. The van der Waals surface area contributed by atoms with Gasteiger partial charge in [-0.2, -0.15) is 0 Å². The summed E-state index contributed by atoms with van der Waals surface area (Å²) in [4.78, 5) is 31.0. The summed E-state index contributed by atoms with van der Waals surface area (Å²) in [6.07, 6.45) is 1.13. The summed E-state index contributed by atoms with van der Waals surface area (Å²) >= 11 is 0. The lowest BCUT2D eigenvalue weighted by atomic mass is 10.5. The molecular formula is C8H10N4O3. The van der Waals surface area contributed by atoms with Crippen LogP contribution in [-0.4, -0.2) is 26.6 Å². The summed E-state index contributed by atoms with van der Waals surface area (Å²) in [7, 11) is 1.52.